The van der Waals surface area contributed by atoms with Crippen LogP contribution < -0.4 is 10.1 Å². The molecule has 28 heavy (non-hydrogen) atoms. The molecule has 0 aliphatic carbocycles. The van der Waals surface area contributed by atoms with Gasteiger partial charge in [0, 0.05) is 19.7 Å². The quantitative estimate of drug-likeness (QED) is 0.718. The number of halogens is 5. The highest BCUT2D eigenvalue weighted by Crippen LogP contribution is 2.29. The third-order valence-electron chi connectivity index (χ3n) is 3.80. The van der Waals surface area contributed by atoms with E-state index in [1.165, 1.54) is 24.1 Å². The molecule has 2 amide bonds. The lowest BCUT2D eigenvalue weighted by Crippen LogP contribution is -2.43. The Kier molecular flexibility index (Phi) is 6.82. The summed E-state index contributed by atoms with van der Waals surface area (Å²) in [6, 6.07) is 6.44. The summed E-state index contributed by atoms with van der Waals surface area (Å²) in [6.45, 7) is 1.68. The van der Waals surface area contributed by atoms with Crippen molar-refractivity contribution in [2.45, 2.75) is 25.7 Å². The highest BCUT2D eigenvalue weighted by atomic mass is 19.4. The number of nitrogens with zero attached hydrogens (tertiary/aromatic N) is 1. The van der Waals surface area contributed by atoms with Gasteiger partial charge in [-0.25, -0.2) is 13.6 Å². The molecule has 0 saturated heterocycles. The predicted octanol–water partition coefficient (Wildman–Crippen LogP) is 4.59. The SMILES string of the molecule is CC(COc1ccc(F)cc1F)NC(=O)N(C)Cc1ccc(C(F)(F)F)cc1. The third kappa shape index (κ3) is 6.11. The second-order valence-electron chi connectivity index (χ2n) is 6.29. The van der Waals surface area contributed by atoms with E-state index < -0.39 is 35.4 Å². The fraction of sp³-hybridized carbons (Fsp3) is 0.316. The molecule has 4 nitrogen and oxygen atoms in total. The van der Waals surface area contributed by atoms with E-state index in [1.54, 1.807) is 6.92 Å². The van der Waals surface area contributed by atoms with Gasteiger partial charge in [-0.05, 0) is 36.8 Å². The van der Waals surface area contributed by atoms with Gasteiger partial charge in [0.05, 0.1) is 11.6 Å². The van der Waals surface area contributed by atoms with Crippen LogP contribution in [-0.4, -0.2) is 30.6 Å². The Morgan fingerprint density at radius 3 is 2.36 bits per heavy atom. The Balaban J connectivity index is 1.84. The number of benzene rings is 2. The van der Waals surface area contributed by atoms with Crippen LogP contribution in [0, 0.1) is 11.6 Å². The highest BCUT2D eigenvalue weighted by molar-refractivity contribution is 5.74. The summed E-state index contributed by atoms with van der Waals surface area (Å²) in [6.07, 6.45) is -4.42. The molecule has 1 atom stereocenters. The summed E-state index contributed by atoms with van der Waals surface area (Å²) < 4.78 is 69.3. The molecule has 2 aromatic rings. The van der Waals surface area contributed by atoms with Gasteiger partial charge in [0.25, 0.3) is 0 Å². The molecule has 9 heteroatoms. The summed E-state index contributed by atoms with van der Waals surface area (Å²) in [5.74, 6) is -1.71. The van der Waals surface area contributed by atoms with Crippen LogP contribution in [0.25, 0.3) is 0 Å². The average molecular weight is 402 g/mol. The first-order valence-corrected chi connectivity index (χ1v) is 8.32. The lowest BCUT2D eigenvalue weighted by molar-refractivity contribution is -0.137. The summed E-state index contributed by atoms with van der Waals surface area (Å²) in [7, 11) is 1.49. The van der Waals surface area contributed by atoms with Gasteiger partial charge in [-0.2, -0.15) is 13.2 Å². The first-order valence-electron chi connectivity index (χ1n) is 8.32. The summed E-state index contributed by atoms with van der Waals surface area (Å²) in [5.41, 5.74) is -0.231. The molecule has 0 radical (unpaired) electrons. The van der Waals surface area contributed by atoms with Crippen molar-refractivity contribution in [3.63, 3.8) is 0 Å². The van der Waals surface area contributed by atoms with Gasteiger partial charge in [0.1, 0.15) is 12.4 Å². The molecule has 0 heterocycles. The van der Waals surface area contributed by atoms with Gasteiger partial charge >= 0.3 is 12.2 Å². The number of rotatable bonds is 6. The van der Waals surface area contributed by atoms with E-state index >= 15 is 0 Å². The second-order valence-corrected chi connectivity index (χ2v) is 6.29. The molecule has 2 rings (SSSR count). The standard InChI is InChI=1S/C19H19F5N2O2/c1-12(11-28-17-8-7-15(20)9-16(17)21)25-18(27)26(2)10-13-3-5-14(6-4-13)19(22,23)24/h3-9,12H,10-11H2,1-2H3,(H,25,27). The zero-order valence-electron chi connectivity index (χ0n) is 15.2. The van der Waals surface area contributed by atoms with Crippen molar-refractivity contribution in [1.29, 1.82) is 0 Å². The summed E-state index contributed by atoms with van der Waals surface area (Å²) >= 11 is 0. The zero-order chi connectivity index (χ0) is 20.9. The highest BCUT2D eigenvalue weighted by Gasteiger charge is 2.30. The number of ether oxygens (including phenoxy) is 1. The van der Waals surface area contributed by atoms with Crippen molar-refractivity contribution in [3.05, 3.63) is 65.2 Å². The first kappa shape index (κ1) is 21.5. The van der Waals surface area contributed by atoms with E-state index in [9.17, 15) is 26.7 Å². The minimum Gasteiger partial charge on any atom is -0.488 e. The first-order chi connectivity index (χ1) is 13.1. The van der Waals surface area contributed by atoms with Gasteiger partial charge < -0.3 is 15.0 Å². The molecule has 0 saturated carbocycles. The van der Waals surface area contributed by atoms with Crippen molar-refractivity contribution in [2.24, 2.45) is 0 Å². The lowest BCUT2D eigenvalue weighted by atomic mass is 10.1. The van der Waals surface area contributed by atoms with Crippen LogP contribution >= 0.6 is 0 Å². The molecule has 0 fully saturated rings. The minimum absolute atomic E-state index is 0.0532. The fourth-order valence-corrected chi connectivity index (χ4v) is 2.31. The summed E-state index contributed by atoms with van der Waals surface area (Å²) in [5, 5.41) is 2.62. The number of carbonyl (C=O) groups is 1. The van der Waals surface area contributed by atoms with E-state index in [-0.39, 0.29) is 18.9 Å². The lowest BCUT2D eigenvalue weighted by Gasteiger charge is -2.22. The molecule has 0 bridgehead atoms. The van der Waals surface area contributed by atoms with Crippen LogP contribution in [0.15, 0.2) is 42.5 Å². The molecule has 0 aliphatic heterocycles. The van der Waals surface area contributed by atoms with Crippen LogP contribution in [-0.2, 0) is 12.7 Å². The predicted molar refractivity (Wildman–Crippen MR) is 92.8 cm³/mol. The van der Waals surface area contributed by atoms with Crippen molar-refractivity contribution in [3.8, 4) is 5.75 Å². The van der Waals surface area contributed by atoms with E-state index in [1.807, 2.05) is 0 Å². The molecule has 1 unspecified atom stereocenters. The Labute approximate surface area is 158 Å². The number of hydrogen-bond donors (Lipinski definition) is 1. The van der Waals surface area contributed by atoms with Gasteiger partial charge in [0.15, 0.2) is 11.6 Å². The molecular formula is C19H19F5N2O2. The average Bonchev–Trinajstić information content (AvgIpc) is 2.60. The number of hydrogen-bond acceptors (Lipinski definition) is 2. The number of alkyl halides is 3. The Bertz CT molecular complexity index is 809. The smallest absolute Gasteiger partial charge is 0.416 e. The van der Waals surface area contributed by atoms with Crippen molar-refractivity contribution < 1.29 is 31.5 Å². The monoisotopic (exact) mass is 402 g/mol. The van der Waals surface area contributed by atoms with Gasteiger partial charge in [0.2, 0.25) is 0 Å². The molecule has 0 spiro atoms. The molecule has 0 aromatic heterocycles. The third-order valence-corrected chi connectivity index (χ3v) is 3.80. The van der Waals surface area contributed by atoms with E-state index in [0.717, 1.165) is 24.3 Å². The molecule has 2 aromatic carbocycles. The fourth-order valence-electron chi connectivity index (χ4n) is 2.31. The molecular weight excluding hydrogens is 383 g/mol. The van der Waals surface area contributed by atoms with E-state index in [2.05, 4.69) is 5.32 Å². The topological polar surface area (TPSA) is 41.6 Å². The van der Waals surface area contributed by atoms with Crippen LogP contribution in [0.4, 0.5) is 26.7 Å². The minimum atomic E-state index is -4.42. The van der Waals surface area contributed by atoms with E-state index in [4.69, 9.17) is 4.74 Å². The normalized spacial score (nSPS) is 12.4. The number of urea groups is 1. The van der Waals surface area contributed by atoms with Crippen LogP contribution in [0.5, 0.6) is 5.75 Å². The van der Waals surface area contributed by atoms with Crippen molar-refractivity contribution in [1.82, 2.24) is 10.2 Å². The summed E-state index contributed by atoms with van der Waals surface area (Å²) in [4.78, 5) is 13.5. The van der Waals surface area contributed by atoms with E-state index in [0.29, 0.717) is 11.6 Å². The van der Waals surface area contributed by atoms with Crippen LogP contribution in [0.1, 0.15) is 18.1 Å². The number of carbonyl (C=O) groups excluding carboxylic acids is 1. The maximum absolute atomic E-state index is 13.5. The largest absolute Gasteiger partial charge is 0.488 e. The van der Waals surface area contributed by atoms with Gasteiger partial charge in [-0.15, -0.1) is 0 Å². The van der Waals surface area contributed by atoms with Crippen molar-refractivity contribution >= 4 is 6.03 Å². The number of nitrogens with one attached hydrogen (secondary N) is 1. The van der Waals surface area contributed by atoms with Crippen LogP contribution in [0.2, 0.25) is 0 Å². The Morgan fingerprint density at radius 2 is 1.79 bits per heavy atom. The Morgan fingerprint density at radius 1 is 1.14 bits per heavy atom. The van der Waals surface area contributed by atoms with Gasteiger partial charge in [-0.3, -0.25) is 0 Å². The molecule has 152 valence electrons. The van der Waals surface area contributed by atoms with Crippen molar-refractivity contribution in [2.75, 3.05) is 13.7 Å². The van der Waals surface area contributed by atoms with Crippen LogP contribution in [0.3, 0.4) is 0 Å². The zero-order valence-corrected chi connectivity index (χ0v) is 15.2. The van der Waals surface area contributed by atoms with Gasteiger partial charge in [-0.1, -0.05) is 12.1 Å². The maximum atomic E-state index is 13.5. The number of amides is 2. The molecule has 1 N–H and O–H groups in total. The maximum Gasteiger partial charge on any atom is 0.416 e. The Hall–Kier alpha value is -2.84. The molecule has 0 aliphatic rings. The second kappa shape index (κ2) is 8.90.